The Labute approximate surface area is 122 Å². The molecule has 20 heavy (non-hydrogen) atoms. The maximum absolute atomic E-state index is 6.67. The van der Waals surface area contributed by atoms with Gasteiger partial charge in [0.1, 0.15) is 0 Å². The van der Waals surface area contributed by atoms with Crippen molar-refractivity contribution in [1.82, 2.24) is 6.15 Å². The van der Waals surface area contributed by atoms with Crippen LogP contribution in [0.4, 0.5) is 0 Å². The third-order valence-corrected chi connectivity index (χ3v) is 3.55. The lowest BCUT2D eigenvalue weighted by atomic mass is 9.82. The Hall–Kier alpha value is -1.64. The summed E-state index contributed by atoms with van der Waals surface area (Å²) >= 11 is 0. The van der Waals surface area contributed by atoms with Gasteiger partial charge in [0.15, 0.2) is 0 Å². The molecule has 0 aliphatic heterocycles. The normalized spacial score (nSPS) is 10.9. The van der Waals surface area contributed by atoms with Crippen molar-refractivity contribution in [2.45, 2.75) is 38.1 Å². The Morgan fingerprint density at radius 3 is 1.55 bits per heavy atom. The zero-order valence-electron chi connectivity index (χ0n) is 12.4. The minimum atomic E-state index is -0.141. The number of hydrogen-bond donors (Lipinski definition) is 2. The molecule has 0 heterocycles. The lowest BCUT2D eigenvalue weighted by Gasteiger charge is -2.30. The lowest BCUT2D eigenvalue weighted by Crippen LogP contribution is -2.44. The molecule has 0 radical (unpaired) electrons. The van der Waals surface area contributed by atoms with Gasteiger partial charge in [-0.25, -0.2) is 0 Å². The molecular formula is C18H26N2. The van der Waals surface area contributed by atoms with Gasteiger partial charge in [0.2, 0.25) is 0 Å². The van der Waals surface area contributed by atoms with E-state index in [-0.39, 0.29) is 11.7 Å². The second-order valence-electron chi connectivity index (χ2n) is 5.44. The van der Waals surface area contributed by atoms with Crippen LogP contribution in [0, 0.1) is 0 Å². The molecule has 0 aliphatic rings. The summed E-state index contributed by atoms with van der Waals surface area (Å²) in [6, 6.07) is 21.1. The summed E-state index contributed by atoms with van der Waals surface area (Å²) in [4.78, 5) is 0. The molecule has 0 atom stereocenters. The quantitative estimate of drug-likeness (QED) is 0.829. The van der Waals surface area contributed by atoms with E-state index in [0.717, 1.165) is 25.7 Å². The van der Waals surface area contributed by atoms with Gasteiger partial charge >= 0.3 is 0 Å². The number of benzene rings is 2. The van der Waals surface area contributed by atoms with E-state index < -0.39 is 0 Å². The molecule has 5 N–H and O–H groups in total. The summed E-state index contributed by atoms with van der Waals surface area (Å²) in [6.07, 6.45) is 4.06. The van der Waals surface area contributed by atoms with Gasteiger partial charge in [0.25, 0.3) is 0 Å². The lowest BCUT2D eigenvalue weighted by molar-refractivity contribution is 0.383. The van der Waals surface area contributed by atoms with Gasteiger partial charge in [0, 0.05) is 5.54 Å². The first-order valence-electron chi connectivity index (χ1n) is 7.08. The number of nitrogens with two attached hydrogens (primary N) is 1. The Morgan fingerprint density at radius 2 is 1.20 bits per heavy atom. The molecule has 2 nitrogen and oxygen atoms in total. The molecule has 0 unspecified atom stereocenters. The molecule has 108 valence electrons. The summed E-state index contributed by atoms with van der Waals surface area (Å²) in [7, 11) is 0. The topological polar surface area (TPSA) is 61.0 Å². The fourth-order valence-corrected chi connectivity index (χ4v) is 2.74. The SMILES string of the molecule is CCCC(N)(Cc1ccccc1)Cc1ccccc1.N. The maximum Gasteiger partial charge on any atom is 0.0235 e. The zero-order valence-corrected chi connectivity index (χ0v) is 12.4. The Kier molecular flexibility index (Phi) is 6.43. The fourth-order valence-electron chi connectivity index (χ4n) is 2.74. The molecule has 0 aromatic heterocycles. The van der Waals surface area contributed by atoms with Crippen LogP contribution in [-0.2, 0) is 12.8 Å². The van der Waals surface area contributed by atoms with Crippen molar-refractivity contribution in [3.63, 3.8) is 0 Å². The van der Waals surface area contributed by atoms with Crippen LogP contribution in [0.15, 0.2) is 60.7 Å². The zero-order chi connectivity index (χ0) is 13.6. The fraction of sp³-hybridized carbons (Fsp3) is 0.333. The van der Waals surface area contributed by atoms with Crippen LogP contribution < -0.4 is 11.9 Å². The molecule has 2 aromatic rings. The van der Waals surface area contributed by atoms with Crippen LogP contribution in [0.5, 0.6) is 0 Å². The predicted molar refractivity (Wildman–Crippen MR) is 87.1 cm³/mol. The highest BCUT2D eigenvalue weighted by Crippen LogP contribution is 2.21. The third kappa shape index (κ3) is 4.80. The first-order chi connectivity index (χ1) is 9.22. The molecule has 2 aromatic carbocycles. The standard InChI is InChI=1S/C18H23N.H3N/c1-2-13-18(19,14-16-9-5-3-6-10-16)15-17-11-7-4-8-12-17;/h3-12H,2,13-15,19H2,1H3;1H3. The summed E-state index contributed by atoms with van der Waals surface area (Å²) in [6.45, 7) is 2.21. The minimum Gasteiger partial charge on any atom is -0.344 e. The van der Waals surface area contributed by atoms with Crippen molar-refractivity contribution >= 4 is 0 Å². The van der Waals surface area contributed by atoms with E-state index in [9.17, 15) is 0 Å². The van der Waals surface area contributed by atoms with Crippen LogP contribution in [0.2, 0.25) is 0 Å². The van der Waals surface area contributed by atoms with E-state index in [0.29, 0.717) is 0 Å². The highest BCUT2D eigenvalue weighted by Gasteiger charge is 2.24. The number of rotatable bonds is 6. The number of hydrogen-bond acceptors (Lipinski definition) is 2. The molecule has 0 fully saturated rings. The van der Waals surface area contributed by atoms with Crippen molar-refractivity contribution < 1.29 is 0 Å². The first kappa shape index (κ1) is 16.4. The third-order valence-electron chi connectivity index (χ3n) is 3.55. The summed E-state index contributed by atoms with van der Waals surface area (Å²) in [5.41, 5.74) is 9.19. The van der Waals surface area contributed by atoms with Crippen molar-refractivity contribution in [3.8, 4) is 0 Å². The van der Waals surface area contributed by atoms with Gasteiger partial charge in [-0.15, -0.1) is 0 Å². The largest absolute Gasteiger partial charge is 0.344 e. The average molecular weight is 270 g/mol. The Balaban J connectivity index is 0.00000200. The second-order valence-corrected chi connectivity index (χ2v) is 5.44. The molecule has 0 bridgehead atoms. The van der Waals surface area contributed by atoms with Crippen molar-refractivity contribution in [2.75, 3.05) is 0 Å². The van der Waals surface area contributed by atoms with Crippen LogP contribution in [0.1, 0.15) is 30.9 Å². The van der Waals surface area contributed by atoms with Crippen LogP contribution in [-0.4, -0.2) is 5.54 Å². The van der Waals surface area contributed by atoms with E-state index >= 15 is 0 Å². The van der Waals surface area contributed by atoms with E-state index in [1.165, 1.54) is 11.1 Å². The summed E-state index contributed by atoms with van der Waals surface area (Å²) < 4.78 is 0. The van der Waals surface area contributed by atoms with E-state index in [4.69, 9.17) is 5.73 Å². The Bertz CT molecular complexity index is 438. The van der Waals surface area contributed by atoms with Crippen molar-refractivity contribution in [2.24, 2.45) is 5.73 Å². The smallest absolute Gasteiger partial charge is 0.0235 e. The highest BCUT2D eigenvalue weighted by molar-refractivity contribution is 5.22. The first-order valence-corrected chi connectivity index (χ1v) is 7.08. The van der Waals surface area contributed by atoms with E-state index in [2.05, 4.69) is 67.6 Å². The van der Waals surface area contributed by atoms with Crippen LogP contribution in [0.3, 0.4) is 0 Å². The van der Waals surface area contributed by atoms with Crippen LogP contribution in [0.25, 0.3) is 0 Å². The van der Waals surface area contributed by atoms with Crippen LogP contribution >= 0.6 is 0 Å². The van der Waals surface area contributed by atoms with Crippen molar-refractivity contribution in [1.29, 1.82) is 0 Å². The molecule has 2 rings (SSSR count). The maximum atomic E-state index is 6.67. The van der Waals surface area contributed by atoms with E-state index in [1.807, 2.05) is 0 Å². The van der Waals surface area contributed by atoms with Gasteiger partial charge in [0.05, 0.1) is 0 Å². The van der Waals surface area contributed by atoms with Gasteiger partial charge in [-0.1, -0.05) is 74.0 Å². The van der Waals surface area contributed by atoms with E-state index in [1.54, 1.807) is 0 Å². The monoisotopic (exact) mass is 270 g/mol. The summed E-state index contributed by atoms with van der Waals surface area (Å²) in [5.74, 6) is 0. The molecule has 0 saturated carbocycles. The van der Waals surface area contributed by atoms with Gasteiger partial charge in [-0.05, 0) is 30.4 Å². The highest BCUT2D eigenvalue weighted by atomic mass is 14.7. The van der Waals surface area contributed by atoms with Gasteiger partial charge in [-0.2, -0.15) is 0 Å². The van der Waals surface area contributed by atoms with Gasteiger partial charge < -0.3 is 11.9 Å². The molecule has 0 saturated heterocycles. The molecular weight excluding hydrogens is 244 g/mol. The molecule has 0 aliphatic carbocycles. The molecule has 0 spiro atoms. The second kappa shape index (κ2) is 7.83. The Morgan fingerprint density at radius 1 is 0.800 bits per heavy atom. The minimum absolute atomic E-state index is 0. The average Bonchev–Trinajstić information content (AvgIpc) is 2.41. The van der Waals surface area contributed by atoms with Gasteiger partial charge in [-0.3, -0.25) is 0 Å². The predicted octanol–water partition coefficient (Wildman–Crippen LogP) is 4.13. The molecule has 2 heteroatoms. The summed E-state index contributed by atoms with van der Waals surface area (Å²) in [5, 5.41) is 0. The van der Waals surface area contributed by atoms with Crippen molar-refractivity contribution in [3.05, 3.63) is 71.8 Å². The molecule has 0 amide bonds.